The van der Waals surface area contributed by atoms with Crippen LogP contribution < -0.4 is 0 Å². The minimum Gasteiger partial charge on any atom is -0.378 e. The van der Waals surface area contributed by atoms with E-state index in [4.69, 9.17) is 4.74 Å². The Hall–Kier alpha value is -1.08. The topological polar surface area (TPSA) is 9.23 Å². The smallest absolute Gasteiger partial charge is 0.0606 e. The Balaban J connectivity index is 1.59. The first-order valence-electron chi connectivity index (χ1n) is 10.0. The molecule has 2 unspecified atom stereocenters. The second kappa shape index (κ2) is 8.34. The molecule has 132 valence electrons. The van der Waals surface area contributed by atoms with Crippen LogP contribution in [0.15, 0.2) is 42.0 Å². The van der Waals surface area contributed by atoms with Crippen molar-refractivity contribution in [2.75, 3.05) is 6.61 Å². The van der Waals surface area contributed by atoms with Gasteiger partial charge in [-0.1, -0.05) is 68.2 Å². The maximum atomic E-state index is 6.46. The quantitative estimate of drug-likeness (QED) is 0.507. The SMILES string of the molecule is CC(COC(C)C1(Cc2ccccc2)CCCCC1)CC1=CCC1. The lowest BCUT2D eigenvalue weighted by atomic mass is 9.67. The molecule has 0 heterocycles. The minimum absolute atomic E-state index is 0.342. The van der Waals surface area contributed by atoms with Gasteiger partial charge < -0.3 is 4.74 Å². The first-order chi connectivity index (χ1) is 11.7. The highest BCUT2D eigenvalue weighted by Gasteiger charge is 2.38. The molecule has 2 aliphatic carbocycles. The molecule has 1 saturated carbocycles. The number of hydrogen-bond donors (Lipinski definition) is 0. The Bertz CT molecular complexity index is 524. The van der Waals surface area contributed by atoms with E-state index in [1.165, 1.54) is 63.4 Å². The summed E-state index contributed by atoms with van der Waals surface area (Å²) in [5.74, 6) is 0.649. The van der Waals surface area contributed by atoms with Crippen LogP contribution in [0.3, 0.4) is 0 Å². The van der Waals surface area contributed by atoms with Gasteiger partial charge in [0.25, 0.3) is 0 Å². The van der Waals surface area contributed by atoms with E-state index >= 15 is 0 Å². The van der Waals surface area contributed by atoms with Crippen molar-refractivity contribution in [3.63, 3.8) is 0 Å². The third kappa shape index (κ3) is 4.51. The summed E-state index contributed by atoms with van der Waals surface area (Å²) in [5, 5.41) is 0. The van der Waals surface area contributed by atoms with Crippen molar-refractivity contribution in [3.8, 4) is 0 Å². The molecule has 1 heteroatoms. The second-order valence-corrected chi connectivity index (χ2v) is 8.27. The predicted octanol–water partition coefficient (Wildman–Crippen LogP) is 6.33. The molecule has 0 radical (unpaired) electrons. The lowest BCUT2D eigenvalue weighted by Crippen LogP contribution is -2.39. The van der Waals surface area contributed by atoms with Crippen LogP contribution in [0.25, 0.3) is 0 Å². The van der Waals surface area contributed by atoms with Gasteiger partial charge in [-0.3, -0.25) is 0 Å². The van der Waals surface area contributed by atoms with Gasteiger partial charge in [0.2, 0.25) is 0 Å². The normalized spacial score (nSPS) is 22.3. The number of hydrogen-bond acceptors (Lipinski definition) is 1. The molecule has 0 saturated heterocycles. The molecule has 0 bridgehead atoms. The second-order valence-electron chi connectivity index (χ2n) is 8.27. The fourth-order valence-electron chi connectivity index (χ4n) is 4.51. The van der Waals surface area contributed by atoms with Crippen LogP contribution in [0.2, 0.25) is 0 Å². The Labute approximate surface area is 148 Å². The zero-order chi connectivity index (χ0) is 16.8. The van der Waals surface area contributed by atoms with E-state index < -0.39 is 0 Å². The molecular weight excluding hydrogens is 292 g/mol. The van der Waals surface area contributed by atoms with Crippen molar-refractivity contribution in [1.82, 2.24) is 0 Å². The lowest BCUT2D eigenvalue weighted by Gasteiger charge is -2.42. The zero-order valence-electron chi connectivity index (χ0n) is 15.6. The number of benzene rings is 1. The molecule has 0 aliphatic heterocycles. The highest BCUT2D eigenvalue weighted by atomic mass is 16.5. The van der Waals surface area contributed by atoms with Crippen molar-refractivity contribution in [3.05, 3.63) is 47.5 Å². The van der Waals surface area contributed by atoms with E-state index in [2.05, 4.69) is 50.3 Å². The van der Waals surface area contributed by atoms with Gasteiger partial charge in [-0.15, -0.1) is 0 Å². The van der Waals surface area contributed by atoms with Gasteiger partial charge in [-0.05, 0) is 56.9 Å². The summed E-state index contributed by atoms with van der Waals surface area (Å²) in [7, 11) is 0. The Morgan fingerprint density at radius 3 is 2.38 bits per heavy atom. The average molecular weight is 327 g/mol. The molecule has 1 aromatic rings. The van der Waals surface area contributed by atoms with Gasteiger partial charge in [-0.2, -0.15) is 0 Å². The summed E-state index contributed by atoms with van der Waals surface area (Å²) in [4.78, 5) is 0. The van der Waals surface area contributed by atoms with Crippen LogP contribution in [-0.4, -0.2) is 12.7 Å². The van der Waals surface area contributed by atoms with E-state index in [9.17, 15) is 0 Å². The van der Waals surface area contributed by atoms with E-state index in [1.807, 2.05) is 0 Å². The summed E-state index contributed by atoms with van der Waals surface area (Å²) in [6, 6.07) is 11.0. The van der Waals surface area contributed by atoms with Crippen molar-refractivity contribution in [1.29, 1.82) is 0 Å². The molecule has 1 nitrogen and oxygen atoms in total. The average Bonchev–Trinajstić information content (AvgIpc) is 2.57. The lowest BCUT2D eigenvalue weighted by molar-refractivity contribution is -0.0590. The molecule has 3 rings (SSSR count). The zero-order valence-corrected chi connectivity index (χ0v) is 15.6. The van der Waals surface area contributed by atoms with Gasteiger partial charge in [0.05, 0.1) is 6.10 Å². The van der Waals surface area contributed by atoms with Crippen LogP contribution >= 0.6 is 0 Å². The third-order valence-electron chi connectivity index (χ3n) is 6.25. The first-order valence-corrected chi connectivity index (χ1v) is 10.0. The molecule has 2 aliphatic rings. The van der Waals surface area contributed by atoms with Crippen molar-refractivity contribution >= 4 is 0 Å². The maximum absolute atomic E-state index is 6.46. The monoisotopic (exact) mass is 326 g/mol. The number of ether oxygens (including phenoxy) is 1. The molecule has 1 fully saturated rings. The van der Waals surface area contributed by atoms with Crippen molar-refractivity contribution in [2.24, 2.45) is 11.3 Å². The van der Waals surface area contributed by atoms with Crippen LogP contribution in [-0.2, 0) is 11.2 Å². The van der Waals surface area contributed by atoms with Gasteiger partial charge >= 0.3 is 0 Å². The summed E-state index contributed by atoms with van der Waals surface area (Å²) in [6.07, 6.45) is 14.5. The van der Waals surface area contributed by atoms with E-state index in [1.54, 1.807) is 5.57 Å². The molecule has 0 N–H and O–H groups in total. The van der Waals surface area contributed by atoms with E-state index in [0.29, 0.717) is 17.4 Å². The standard InChI is InChI=1S/C23H34O/c1-19(16-21-12-9-13-21)18-24-20(2)23(14-7-4-8-15-23)17-22-10-5-3-6-11-22/h3,5-6,10-12,19-20H,4,7-9,13-18H2,1-2H3. The fraction of sp³-hybridized carbons (Fsp3) is 0.652. The van der Waals surface area contributed by atoms with Gasteiger partial charge in [0.1, 0.15) is 0 Å². The Kier molecular flexibility index (Phi) is 6.16. The number of rotatable bonds is 8. The largest absolute Gasteiger partial charge is 0.378 e. The highest BCUT2D eigenvalue weighted by molar-refractivity contribution is 5.17. The van der Waals surface area contributed by atoms with Crippen LogP contribution in [0.5, 0.6) is 0 Å². The number of allylic oxidation sites excluding steroid dienone is 2. The molecule has 2 atom stereocenters. The van der Waals surface area contributed by atoms with E-state index in [0.717, 1.165) is 6.61 Å². The van der Waals surface area contributed by atoms with Gasteiger partial charge in [0, 0.05) is 12.0 Å². The van der Waals surface area contributed by atoms with Gasteiger partial charge in [0.15, 0.2) is 0 Å². The fourth-order valence-corrected chi connectivity index (χ4v) is 4.51. The van der Waals surface area contributed by atoms with Crippen LogP contribution in [0, 0.1) is 11.3 Å². The highest BCUT2D eigenvalue weighted by Crippen LogP contribution is 2.43. The maximum Gasteiger partial charge on any atom is 0.0606 e. The minimum atomic E-state index is 0.342. The molecule has 0 amide bonds. The molecule has 24 heavy (non-hydrogen) atoms. The first kappa shape index (κ1) is 17.7. The predicted molar refractivity (Wildman–Crippen MR) is 102 cm³/mol. The summed E-state index contributed by atoms with van der Waals surface area (Å²) < 4.78 is 6.46. The van der Waals surface area contributed by atoms with Crippen molar-refractivity contribution < 1.29 is 4.74 Å². The Morgan fingerprint density at radius 1 is 1.04 bits per heavy atom. The summed E-state index contributed by atoms with van der Waals surface area (Å²) in [5.41, 5.74) is 3.47. The van der Waals surface area contributed by atoms with Crippen LogP contribution in [0.1, 0.15) is 70.8 Å². The third-order valence-corrected chi connectivity index (χ3v) is 6.25. The van der Waals surface area contributed by atoms with Gasteiger partial charge in [-0.25, -0.2) is 0 Å². The molecule has 0 spiro atoms. The van der Waals surface area contributed by atoms with Crippen molar-refractivity contribution in [2.45, 2.75) is 77.7 Å². The summed E-state index contributed by atoms with van der Waals surface area (Å²) >= 11 is 0. The summed E-state index contributed by atoms with van der Waals surface area (Å²) in [6.45, 7) is 5.59. The van der Waals surface area contributed by atoms with E-state index in [-0.39, 0.29) is 0 Å². The molecule has 0 aromatic heterocycles. The Morgan fingerprint density at radius 2 is 1.75 bits per heavy atom. The molecular formula is C23H34O. The van der Waals surface area contributed by atoms with Crippen LogP contribution in [0.4, 0.5) is 0 Å². The molecule has 1 aromatic carbocycles.